The second kappa shape index (κ2) is 8.86. The molecule has 0 aromatic rings. The molecule has 0 saturated heterocycles. The molecule has 7 nitrogen and oxygen atoms in total. The molecule has 4 fully saturated rings. The van der Waals surface area contributed by atoms with Crippen molar-refractivity contribution in [2.24, 2.45) is 34.5 Å². The monoisotopic (exact) mass is 464 g/mol. The van der Waals surface area contributed by atoms with E-state index in [0.29, 0.717) is 44.1 Å². The quantitative estimate of drug-likeness (QED) is 0.488. The van der Waals surface area contributed by atoms with Gasteiger partial charge in [0.1, 0.15) is 6.10 Å². The van der Waals surface area contributed by atoms with Crippen LogP contribution in [0.15, 0.2) is 0 Å². The summed E-state index contributed by atoms with van der Waals surface area (Å²) in [6.07, 6.45) is 6.57. The van der Waals surface area contributed by atoms with Gasteiger partial charge < -0.3 is 19.3 Å². The van der Waals surface area contributed by atoms with Crippen molar-refractivity contribution in [3.05, 3.63) is 0 Å². The van der Waals surface area contributed by atoms with Crippen LogP contribution in [0.25, 0.3) is 0 Å². The number of aliphatic hydroxyl groups is 1. The van der Waals surface area contributed by atoms with Crippen molar-refractivity contribution in [1.29, 1.82) is 0 Å². The first kappa shape index (κ1) is 24.5. The van der Waals surface area contributed by atoms with E-state index in [9.17, 15) is 19.5 Å². The third-order valence-electron chi connectivity index (χ3n) is 9.88. The number of rotatable bonds is 5. The molecule has 186 valence electrons. The maximum atomic E-state index is 12.7. The topological polar surface area (TPSA) is 99.1 Å². The van der Waals surface area contributed by atoms with E-state index in [4.69, 9.17) is 14.2 Å². The van der Waals surface area contributed by atoms with E-state index < -0.39 is 11.0 Å². The van der Waals surface area contributed by atoms with Crippen molar-refractivity contribution in [3.8, 4) is 0 Å². The summed E-state index contributed by atoms with van der Waals surface area (Å²) in [4.78, 5) is 36.1. The molecule has 4 aliphatic rings. The van der Waals surface area contributed by atoms with Crippen LogP contribution in [0.3, 0.4) is 0 Å². The lowest BCUT2D eigenvalue weighted by atomic mass is 9.43. The fourth-order valence-electron chi connectivity index (χ4n) is 8.51. The molecule has 0 aromatic carbocycles. The van der Waals surface area contributed by atoms with Gasteiger partial charge in [-0.15, -0.1) is 0 Å². The van der Waals surface area contributed by atoms with Crippen LogP contribution >= 0.6 is 0 Å². The maximum absolute atomic E-state index is 12.7. The first-order valence-electron chi connectivity index (χ1n) is 12.8. The summed E-state index contributed by atoms with van der Waals surface area (Å²) in [5.74, 6) is 0.208. The Kier molecular flexibility index (Phi) is 6.58. The van der Waals surface area contributed by atoms with E-state index in [0.717, 1.165) is 32.1 Å². The molecule has 0 bridgehead atoms. The molecule has 0 heterocycles. The summed E-state index contributed by atoms with van der Waals surface area (Å²) < 4.78 is 16.6. The van der Waals surface area contributed by atoms with Gasteiger partial charge in [0.2, 0.25) is 0 Å². The Balaban J connectivity index is 1.63. The fourth-order valence-corrected chi connectivity index (χ4v) is 8.51. The van der Waals surface area contributed by atoms with Crippen molar-refractivity contribution in [2.75, 3.05) is 13.2 Å². The summed E-state index contributed by atoms with van der Waals surface area (Å²) in [6, 6.07) is 0. The lowest BCUT2D eigenvalue weighted by molar-refractivity contribution is -0.245. The van der Waals surface area contributed by atoms with Crippen LogP contribution in [0.5, 0.6) is 0 Å². The highest BCUT2D eigenvalue weighted by Crippen LogP contribution is 2.68. The van der Waals surface area contributed by atoms with Gasteiger partial charge in [-0.1, -0.05) is 6.92 Å². The zero-order valence-corrected chi connectivity index (χ0v) is 20.6. The van der Waals surface area contributed by atoms with Gasteiger partial charge in [-0.25, -0.2) is 0 Å². The van der Waals surface area contributed by atoms with Crippen LogP contribution in [0.2, 0.25) is 0 Å². The third kappa shape index (κ3) is 3.98. The van der Waals surface area contributed by atoms with Crippen LogP contribution in [0, 0.1) is 34.5 Å². The van der Waals surface area contributed by atoms with Crippen LogP contribution in [0.4, 0.5) is 0 Å². The summed E-state index contributed by atoms with van der Waals surface area (Å²) >= 11 is 0. The Morgan fingerprint density at radius 3 is 2.33 bits per heavy atom. The van der Waals surface area contributed by atoms with E-state index >= 15 is 0 Å². The second-order valence-corrected chi connectivity index (χ2v) is 11.3. The van der Waals surface area contributed by atoms with Crippen molar-refractivity contribution < 1.29 is 33.7 Å². The van der Waals surface area contributed by atoms with E-state index in [2.05, 4.69) is 6.92 Å². The molecule has 0 radical (unpaired) electrons. The van der Waals surface area contributed by atoms with Crippen molar-refractivity contribution in [1.82, 2.24) is 0 Å². The zero-order chi connectivity index (χ0) is 24.0. The minimum Gasteiger partial charge on any atom is -0.466 e. The predicted octanol–water partition coefficient (Wildman–Crippen LogP) is 3.80. The zero-order valence-electron chi connectivity index (χ0n) is 20.6. The molecule has 0 aromatic heterocycles. The minimum absolute atomic E-state index is 0.0617. The Bertz CT molecular complexity index is 796. The maximum Gasteiger partial charge on any atom is 0.309 e. The number of ether oxygens (including phenoxy) is 3. The SMILES string of the molecule is CCOC(=O)[C@H]1CC[C@H]2[C@@H]3CC[C@]4(O)C[C@H](OC(C)=O)CC[C@]4(COC(C)=O)[C@H]3CC[C@]12C. The van der Waals surface area contributed by atoms with E-state index in [1.165, 1.54) is 13.8 Å². The molecular weight excluding hydrogens is 424 g/mol. The molecule has 0 amide bonds. The summed E-state index contributed by atoms with van der Waals surface area (Å²) in [5.41, 5.74) is -1.66. The molecule has 7 heteroatoms. The number of carbonyl (C=O) groups is 3. The fraction of sp³-hybridized carbons (Fsp3) is 0.885. The van der Waals surface area contributed by atoms with Gasteiger partial charge in [0, 0.05) is 25.7 Å². The molecule has 33 heavy (non-hydrogen) atoms. The molecule has 0 spiro atoms. The average molecular weight is 465 g/mol. The van der Waals surface area contributed by atoms with Gasteiger partial charge in [-0.3, -0.25) is 14.4 Å². The molecule has 4 saturated carbocycles. The Morgan fingerprint density at radius 1 is 0.909 bits per heavy atom. The van der Waals surface area contributed by atoms with Crippen molar-refractivity contribution in [3.63, 3.8) is 0 Å². The molecule has 4 aliphatic carbocycles. The van der Waals surface area contributed by atoms with Gasteiger partial charge in [-0.2, -0.15) is 0 Å². The highest BCUT2D eigenvalue weighted by Gasteiger charge is 2.67. The van der Waals surface area contributed by atoms with Crippen LogP contribution in [0.1, 0.15) is 85.5 Å². The summed E-state index contributed by atoms with van der Waals surface area (Å²) in [7, 11) is 0. The summed E-state index contributed by atoms with van der Waals surface area (Å²) in [5, 5.41) is 12.0. The molecule has 0 aliphatic heterocycles. The van der Waals surface area contributed by atoms with Crippen molar-refractivity contribution >= 4 is 17.9 Å². The van der Waals surface area contributed by atoms with Gasteiger partial charge in [0.05, 0.1) is 24.7 Å². The van der Waals surface area contributed by atoms with Crippen LogP contribution < -0.4 is 0 Å². The van der Waals surface area contributed by atoms with E-state index in [-0.39, 0.29) is 47.9 Å². The molecule has 4 rings (SSSR count). The van der Waals surface area contributed by atoms with Gasteiger partial charge in [0.15, 0.2) is 0 Å². The van der Waals surface area contributed by atoms with Crippen LogP contribution in [-0.4, -0.2) is 47.9 Å². The standard InChI is InChI=1S/C26H40O7/c1-5-31-23(29)22-7-6-20-19-9-13-26(30)14-18(33-17(3)28)8-12-25(26,15-32-16(2)27)21(19)10-11-24(20,22)4/h18-22,30H,5-15H2,1-4H3/t18-,19+,20+,21+,22-,24+,25+,26+/m1/s1. The van der Waals surface area contributed by atoms with Crippen LogP contribution in [-0.2, 0) is 28.6 Å². The van der Waals surface area contributed by atoms with Gasteiger partial charge in [-0.05, 0) is 81.5 Å². The first-order valence-corrected chi connectivity index (χ1v) is 12.8. The Hall–Kier alpha value is -1.63. The molecule has 1 N–H and O–H groups in total. The number of carbonyl (C=O) groups excluding carboxylic acids is 3. The lowest BCUT2D eigenvalue weighted by Gasteiger charge is -2.64. The van der Waals surface area contributed by atoms with Gasteiger partial charge >= 0.3 is 17.9 Å². The smallest absolute Gasteiger partial charge is 0.309 e. The number of hydrogen-bond donors (Lipinski definition) is 1. The van der Waals surface area contributed by atoms with Crippen molar-refractivity contribution in [2.45, 2.75) is 97.2 Å². The largest absolute Gasteiger partial charge is 0.466 e. The number of hydrogen-bond acceptors (Lipinski definition) is 7. The highest BCUT2D eigenvalue weighted by atomic mass is 16.5. The Morgan fingerprint density at radius 2 is 1.67 bits per heavy atom. The van der Waals surface area contributed by atoms with Gasteiger partial charge in [0.25, 0.3) is 0 Å². The second-order valence-electron chi connectivity index (χ2n) is 11.3. The van der Waals surface area contributed by atoms with E-state index in [1.807, 2.05) is 6.92 Å². The number of fused-ring (bicyclic) bond motifs is 5. The number of esters is 3. The first-order chi connectivity index (χ1) is 15.6. The third-order valence-corrected chi connectivity index (χ3v) is 9.88. The summed E-state index contributed by atoms with van der Waals surface area (Å²) in [6.45, 7) is 7.56. The normalized spacial score (nSPS) is 44.1. The molecule has 0 unspecified atom stereocenters. The van der Waals surface area contributed by atoms with E-state index in [1.54, 1.807) is 0 Å². The molecular formula is C26H40O7. The molecule has 8 atom stereocenters. The minimum atomic E-state index is -1.03. The highest BCUT2D eigenvalue weighted by molar-refractivity contribution is 5.74. The average Bonchev–Trinajstić information content (AvgIpc) is 3.09. The predicted molar refractivity (Wildman–Crippen MR) is 120 cm³/mol. The Labute approximate surface area is 196 Å². The lowest BCUT2D eigenvalue weighted by Crippen LogP contribution is -2.66.